The molecule has 1 heterocycles. The van der Waals surface area contributed by atoms with Gasteiger partial charge in [0.25, 0.3) is 10.0 Å². The molecule has 0 saturated carbocycles. The predicted octanol–water partition coefficient (Wildman–Crippen LogP) is 2.88. The van der Waals surface area contributed by atoms with Crippen molar-refractivity contribution in [1.82, 2.24) is 0 Å². The Morgan fingerprint density at radius 3 is 2.38 bits per heavy atom. The molecule has 1 aliphatic heterocycles. The van der Waals surface area contributed by atoms with Crippen molar-refractivity contribution < 1.29 is 22.7 Å². The van der Waals surface area contributed by atoms with E-state index in [1.54, 1.807) is 6.07 Å². The van der Waals surface area contributed by atoms with Gasteiger partial charge in [-0.3, -0.25) is 4.72 Å². The quantitative estimate of drug-likeness (QED) is 0.808. The normalized spacial score (nSPS) is 14.9. The number of rotatable bonds is 5. The summed E-state index contributed by atoms with van der Waals surface area (Å²) in [5.74, 6) is 0.165. The Kier molecular flexibility index (Phi) is 5.38. The molecule has 1 aliphatic rings. The molecule has 1 fully saturated rings. The molecule has 0 aliphatic carbocycles. The topological polar surface area (TPSA) is 86.7 Å². The van der Waals surface area contributed by atoms with E-state index >= 15 is 0 Å². The standard InChI is InChI=1S/C17H17FN2O4S2/c18-12-1-4-14(5-2-12)26(23,24)19-13-3-6-16(15(11-13)17(21)22)20-7-9-25-10-8-20/h1-6,11,19H,7-10H2,(H,21,22). The third-order valence-corrected chi connectivity index (χ3v) is 6.29. The lowest BCUT2D eigenvalue weighted by molar-refractivity contribution is 0.0697. The molecule has 6 nitrogen and oxygen atoms in total. The number of carboxylic acids is 1. The average Bonchev–Trinajstić information content (AvgIpc) is 2.62. The van der Waals surface area contributed by atoms with Gasteiger partial charge in [0.2, 0.25) is 0 Å². The van der Waals surface area contributed by atoms with E-state index in [1.807, 2.05) is 16.7 Å². The third-order valence-electron chi connectivity index (χ3n) is 3.95. The SMILES string of the molecule is O=C(O)c1cc(NS(=O)(=O)c2ccc(F)cc2)ccc1N1CCSCC1. The van der Waals surface area contributed by atoms with E-state index in [0.717, 1.165) is 48.9 Å². The van der Waals surface area contributed by atoms with Gasteiger partial charge in [0.15, 0.2) is 0 Å². The minimum Gasteiger partial charge on any atom is -0.478 e. The molecule has 2 aromatic carbocycles. The summed E-state index contributed by atoms with van der Waals surface area (Å²) in [6.45, 7) is 1.48. The predicted molar refractivity (Wildman–Crippen MR) is 100 cm³/mol. The van der Waals surface area contributed by atoms with Gasteiger partial charge in [-0.05, 0) is 42.5 Å². The number of nitrogens with zero attached hydrogens (tertiary/aromatic N) is 1. The number of sulfonamides is 1. The zero-order valence-electron chi connectivity index (χ0n) is 13.7. The van der Waals surface area contributed by atoms with Crippen LogP contribution in [0.2, 0.25) is 0 Å². The fraction of sp³-hybridized carbons (Fsp3) is 0.235. The van der Waals surface area contributed by atoms with Gasteiger partial charge in [-0.2, -0.15) is 11.8 Å². The van der Waals surface area contributed by atoms with Gasteiger partial charge in [0.05, 0.1) is 16.1 Å². The minimum absolute atomic E-state index is 0.0382. The lowest BCUT2D eigenvalue weighted by Gasteiger charge is -2.29. The fourth-order valence-electron chi connectivity index (χ4n) is 2.68. The molecule has 138 valence electrons. The van der Waals surface area contributed by atoms with Crippen LogP contribution in [0.5, 0.6) is 0 Å². The second-order valence-corrected chi connectivity index (χ2v) is 8.60. The average molecular weight is 396 g/mol. The summed E-state index contributed by atoms with van der Waals surface area (Å²) in [4.78, 5) is 13.5. The van der Waals surface area contributed by atoms with Crippen molar-refractivity contribution in [3.8, 4) is 0 Å². The van der Waals surface area contributed by atoms with Crippen molar-refractivity contribution in [1.29, 1.82) is 0 Å². The maximum atomic E-state index is 13.0. The second-order valence-electron chi connectivity index (χ2n) is 5.70. The summed E-state index contributed by atoms with van der Waals surface area (Å²) in [6, 6.07) is 8.85. The summed E-state index contributed by atoms with van der Waals surface area (Å²) in [7, 11) is -3.94. The van der Waals surface area contributed by atoms with Crippen molar-refractivity contribution in [3.05, 3.63) is 53.8 Å². The van der Waals surface area contributed by atoms with Gasteiger partial charge in [-0.25, -0.2) is 17.6 Å². The van der Waals surface area contributed by atoms with Crippen LogP contribution in [0.4, 0.5) is 15.8 Å². The van der Waals surface area contributed by atoms with E-state index in [4.69, 9.17) is 0 Å². The highest BCUT2D eigenvalue weighted by atomic mass is 32.2. The molecule has 2 N–H and O–H groups in total. The summed E-state index contributed by atoms with van der Waals surface area (Å²) in [5, 5.41) is 9.52. The molecule has 0 atom stereocenters. The maximum Gasteiger partial charge on any atom is 0.337 e. The zero-order valence-corrected chi connectivity index (χ0v) is 15.3. The number of nitrogens with one attached hydrogen (secondary N) is 1. The first-order valence-electron chi connectivity index (χ1n) is 7.85. The Morgan fingerprint density at radius 1 is 1.12 bits per heavy atom. The van der Waals surface area contributed by atoms with E-state index in [2.05, 4.69) is 4.72 Å². The molecule has 0 radical (unpaired) electrons. The van der Waals surface area contributed by atoms with E-state index in [-0.39, 0.29) is 16.1 Å². The highest BCUT2D eigenvalue weighted by Gasteiger charge is 2.21. The van der Waals surface area contributed by atoms with E-state index in [9.17, 15) is 22.7 Å². The Hall–Kier alpha value is -2.26. The number of halogens is 1. The highest BCUT2D eigenvalue weighted by molar-refractivity contribution is 7.99. The first-order chi connectivity index (χ1) is 12.4. The number of carbonyl (C=O) groups is 1. The maximum absolute atomic E-state index is 13.0. The molecular weight excluding hydrogens is 379 g/mol. The molecule has 9 heteroatoms. The smallest absolute Gasteiger partial charge is 0.337 e. The molecule has 3 rings (SSSR count). The first-order valence-corrected chi connectivity index (χ1v) is 10.5. The molecular formula is C17H17FN2O4S2. The first kappa shape index (κ1) is 18.5. The number of anilines is 2. The Morgan fingerprint density at radius 2 is 1.77 bits per heavy atom. The summed E-state index contributed by atoms with van der Waals surface area (Å²) < 4.78 is 40.1. The van der Waals surface area contributed by atoms with Crippen molar-refractivity contribution in [2.24, 2.45) is 0 Å². The number of hydrogen-bond acceptors (Lipinski definition) is 5. The van der Waals surface area contributed by atoms with Gasteiger partial charge >= 0.3 is 5.97 Å². The number of aromatic carboxylic acids is 1. The van der Waals surface area contributed by atoms with Crippen LogP contribution < -0.4 is 9.62 Å². The Bertz CT molecular complexity index is 911. The minimum atomic E-state index is -3.94. The van der Waals surface area contributed by atoms with Crippen LogP contribution in [0.1, 0.15) is 10.4 Å². The Balaban J connectivity index is 1.89. The lowest BCUT2D eigenvalue weighted by Crippen LogP contribution is -2.33. The summed E-state index contributed by atoms with van der Waals surface area (Å²) in [6.07, 6.45) is 0. The van der Waals surface area contributed by atoms with Gasteiger partial charge in [0, 0.05) is 30.3 Å². The van der Waals surface area contributed by atoms with Crippen LogP contribution in [0.25, 0.3) is 0 Å². The number of hydrogen-bond donors (Lipinski definition) is 2. The summed E-state index contributed by atoms with van der Waals surface area (Å²) in [5.41, 5.74) is 0.751. The molecule has 0 unspecified atom stereocenters. The van der Waals surface area contributed by atoms with Crippen LogP contribution in [-0.4, -0.2) is 44.1 Å². The van der Waals surface area contributed by atoms with E-state index in [1.165, 1.54) is 12.1 Å². The van der Waals surface area contributed by atoms with Gasteiger partial charge in [-0.1, -0.05) is 0 Å². The Labute approximate surface area is 155 Å². The van der Waals surface area contributed by atoms with Crippen molar-refractivity contribution in [3.63, 3.8) is 0 Å². The number of carboxylic acid groups (broad SMARTS) is 1. The molecule has 0 amide bonds. The summed E-state index contributed by atoms with van der Waals surface area (Å²) >= 11 is 1.81. The highest BCUT2D eigenvalue weighted by Crippen LogP contribution is 2.28. The van der Waals surface area contributed by atoms with Gasteiger partial charge in [0.1, 0.15) is 5.82 Å². The molecule has 0 aromatic heterocycles. The van der Waals surface area contributed by atoms with Gasteiger partial charge in [-0.15, -0.1) is 0 Å². The fourth-order valence-corrected chi connectivity index (χ4v) is 4.63. The van der Waals surface area contributed by atoms with Crippen LogP contribution in [0.15, 0.2) is 47.4 Å². The van der Waals surface area contributed by atoms with Crippen LogP contribution in [-0.2, 0) is 10.0 Å². The molecule has 0 bridgehead atoms. The van der Waals surface area contributed by atoms with Crippen LogP contribution in [0.3, 0.4) is 0 Å². The molecule has 26 heavy (non-hydrogen) atoms. The second kappa shape index (κ2) is 7.55. The number of benzene rings is 2. The monoisotopic (exact) mass is 396 g/mol. The van der Waals surface area contributed by atoms with Crippen LogP contribution >= 0.6 is 11.8 Å². The van der Waals surface area contributed by atoms with Gasteiger partial charge < -0.3 is 10.0 Å². The van der Waals surface area contributed by atoms with Crippen molar-refractivity contribution in [2.45, 2.75) is 4.90 Å². The van der Waals surface area contributed by atoms with Crippen LogP contribution in [0, 0.1) is 5.82 Å². The largest absolute Gasteiger partial charge is 0.478 e. The zero-order chi connectivity index (χ0) is 18.7. The van der Waals surface area contributed by atoms with Crippen molar-refractivity contribution >= 4 is 39.1 Å². The van der Waals surface area contributed by atoms with E-state index < -0.39 is 21.8 Å². The lowest BCUT2D eigenvalue weighted by atomic mass is 10.1. The molecule has 0 spiro atoms. The van der Waals surface area contributed by atoms with Crippen molar-refractivity contribution in [2.75, 3.05) is 34.2 Å². The van der Waals surface area contributed by atoms with E-state index in [0.29, 0.717) is 5.69 Å². The number of thioether (sulfide) groups is 1. The molecule has 2 aromatic rings. The molecule has 1 saturated heterocycles. The third kappa shape index (κ3) is 4.10.